The molecule has 1 heterocycles. The van der Waals surface area contributed by atoms with Crippen LogP contribution in [0.15, 0.2) is 18.2 Å². The molecular formula is C16H23N3. The van der Waals surface area contributed by atoms with Crippen molar-refractivity contribution in [3.63, 3.8) is 0 Å². The third-order valence-electron chi connectivity index (χ3n) is 4.68. The predicted octanol–water partition coefficient (Wildman–Crippen LogP) is 4.07. The molecule has 1 aromatic heterocycles. The Balaban J connectivity index is 2.05. The van der Waals surface area contributed by atoms with Crippen LogP contribution in [0.5, 0.6) is 0 Å². The molecule has 1 aromatic carbocycles. The van der Waals surface area contributed by atoms with E-state index in [1.54, 1.807) is 0 Å². The number of aromatic nitrogens is 2. The maximum atomic E-state index is 6.18. The molecule has 19 heavy (non-hydrogen) atoms. The standard InChI is InChI=1S/C16H23N3/c1-11-7-6-10-14-15(11)19(16(17)18-14)12(2)13-8-4-3-5-9-13/h6-7,10,12-13H,3-5,8-9H2,1-2H3,(H2,17,18). The van der Waals surface area contributed by atoms with Gasteiger partial charge in [0.25, 0.3) is 0 Å². The van der Waals surface area contributed by atoms with Crippen LogP contribution in [0.3, 0.4) is 0 Å². The number of nitrogens with zero attached hydrogens (tertiary/aromatic N) is 2. The summed E-state index contributed by atoms with van der Waals surface area (Å²) in [5.41, 5.74) is 9.70. The van der Waals surface area contributed by atoms with Gasteiger partial charge in [0.15, 0.2) is 0 Å². The Morgan fingerprint density at radius 3 is 2.74 bits per heavy atom. The fourth-order valence-electron chi connectivity index (χ4n) is 3.58. The summed E-state index contributed by atoms with van der Waals surface area (Å²) >= 11 is 0. The third-order valence-corrected chi connectivity index (χ3v) is 4.68. The van der Waals surface area contributed by atoms with Crippen molar-refractivity contribution in [2.45, 2.75) is 52.0 Å². The maximum absolute atomic E-state index is 6.18. The van der Waals surface area contributed by atoms with E-state index in [1.807, 2.05) is 0 Å². The number of rotatable bonds is 2. The van der Waals surface area contributed by atoms with Crippen LogP contribution < -0.4 is 5.73 Å². The number of imidazole rings is 1. The summed E-state index contributed by atoms with van der Waals surface area (Å²) in [6.07, 6.45) is 6.77. The average molecular weight is 257 g/mol. The first-order valence-electron chi connectivity index (χ1n) is 7.41. The maximum Gasteiger partial charge on any atom is 0.201 e. The molecule has 2 N–H and O–H groups in total. The highest BCUT2D eigenvalue weighted by Gasteiger charge is 2.24. The van der Waals surface area contributed by atoms with E-state index in [0.29, 0.717) is 12.0 Å². The number of nitrogens with two attached hydrogens (primary N) is 1. The zero-order valence-corrected chi connectivity index (χ0v) is 11.9. The van der Waals surface area contributed by atoms with Crippen LogP contribution in [0.4, 0.5) is 5.95 Å². The van der Waals surface area contributed by atoms with Gasteiger partial charge in [-0.05, 0) is 44.2 Å². The summed E-state index contributed by atoms with van der Waals surface area (Å²) in [6, 6.07) is 6.71. The van der Waals surface area contributed by atoms with Gasteiger partial charge in [0.2, 0.25) is 5.95 Å². The smallest absolute Gasteiger partial charge is 0.201 e. The van der Waals surface area contributed by atoms with E-state index in [0.717, 1.165) is 11.4 Å². The molecule has 0 aliphatic heterocycles. The Kier molecular flexibility index (Phi) is 3.21. The van der Waals surface area contributed by atoms with Crippen molar-refractivity contribution in [3.05, 3.63) is 23.8 Å². The van der Waals surface area contributed by atoms with Crippen molar-refractivity contribution in [2.75, 3.05) is 5.73 Å². The van der Waals surface area contributed by atoms with Crippen molar-refractivity contribution < 1.29 is 0 Å². The van der Waals surface area contributed by atoms with Gasteiger partial charge in [-0.3, -0.25) is 0 Å². The fraction of sp³-hybridized carbons (Fsp3) is 0.562. The Hall–Kier alpha value is -1.51. The predicted molar refractivity (Wildman–Crippen MR) is 80.2 cm³/mol. The van der Waals surface area contributed by atoms with Gasteiger partial charge in [-0.25, -0.2) is 4.98 Å². The van der Waals surface area contributed by atoms with Gasteiger partial charge in [0, 0.05) is 6.04 Å². The number of fused-ring (bicyclic) bond motifs is 1. The lowest BCUT2D eigenvalue weighted by Gasteiger charge is -2.29. The minimum atomic E-state index is 0.450. The summed E-state index contributed by atoms with van der Waals surface area (Å²) in [6.45, 7) is 4.45. The summed E-state index contributed by atoms with van der Waals surface area (Å²) in [4.78, 5) is 4.53. The van der Waals surface area contributed by atoms with Crippen LogP contribution in [0.25, 0.3) is 11.0 Å². The summed E-state index contributed by atoms with van der Waals surface area (Å²) in [5.74, 6) is 1.41. The normalized spacial score (nSPS) is 18.8. The van der Waals surface area contributed by atoms with E-state index in [2.05, 4.69) is 41.6 Å². The lowest BCUT2D eigenvalue weighted by Crippen LogP contribution is -2.20. The lowest BCUT2D eigenvalue weighted by atomic mass is 9.84. The highest BCUT2D eigenvalue weighted by molar-refractivity contribution is 5.81. The van der Waals surface area contributed by atoms with Gasteiger partial charge < -0.3 is 10.3 Å². The quantitative estimate of drug-likeness (QED) is 0.881. The second-order valence-corrected chi connectivity index (χ2v) is 5.92. The Morgan fingerprint density at radius 1 is 1.26 bits per heavy atom. The summed E-state index contributed by atoms with van der Waals surface area (Å²) in [5, 5.41) is 0. The Labute approximate surface area is 114 Å². The van der Waals surface area contributed by atoms with Crippen LogP contribution >= 0.6 is 0 Å². The van der Waals surface area contributed by atoms with Crippen molar-refractivity contribution in [2.24, 2.45) is 5.92 Å². The zero-order chi connectivity index (χ0) is 13.4. The Morgan fingerprint density at radius 2 is 2.00 bits per heavy atom. The number of hydrogen-bond donors (Lipinski definition) is 1. The average Bonchev–Trinajstić information content (AvgIpc) is 2.76. The molecule has 102 valence electrons. The minimum Gasteiger partial charge on any atom is -0.369 e. The molecule has 1 aliphatic carbocycles. The molecule has 2 aromatic rings. The lowest BCUT2D eigenvalue weighted by molar-refractivity contribution is 0.269. The first-order valence-corrected chi connectivity index (χ1v) is 7.41. The first kappa shape index (κ1) is 12.5. The van der Waals surface area contributed by atoms with Gasteiger partial charge in [0.1, 0.15) is 0 Å². The molecular weight excluding hydrogens is 234 g/mol. The largest absolute Gasteiger partial charge is 0.369 e. The molecule has 1 saturated carbocycles. The number of hydrogen-bond acceptors (Lipinski definition) is 2. The van der Waals surface area contributed by atoms with E-state index in [-0.39, 0.29) is 0 Å². The van der Waals surface area contributed by atoms with Crippen molar-refractivity contribution in [1.82, 2.24) is 9.55 Å². The van der Waals surface area contributed by atoms with Gasteiger partial charge >= 0.3 is 0 Å². The van der Waals surface area contributed by atoms with Crippen LogP contribution in [0, 0.1) is 12.8 Å². The number of anilines is 1. The van der Waals surface area contributed by atoms with Crippen LogP contribution in [-0.2, 0) is 0 Å². The van der Waals surface area contributed by atoms with E-state index in [4.69, 9.17) is 5.73 Å². The molecule has 1 fully saturated rings. The molecule has 3 heteroatoms. The van der Waals surface area contributed by atoms with Crippen molar-refractivity contribution >= 4 is 17.0 Å². The molecule has 0 amide bonds. The Bertz CT molecular complexity index is 579. The molecule has 1 atom stereocenters. The van der Waals surface area contributed by atoms with Crippen LogP contribution in [-0.4, -0.2) is 9.55 Å². The highest BCUT2D eigenvalue weighted by Crippen LogP contribution is 2.36. The van der Waals surface area contributed by atoms with Gasteiger partial charge in [-0.15, -0.1) is 0 Å². The molecule has 3 nitrogen and oxygen atoms in total. The first-order chi connectivity index (χ1) is 9.18. The molecule has 0 radical (unpaired) electrons. The van der Waals surface area contributed by atoms with Crippen LogP contribution in [0.1, 0.15) is 50.6 Å². The number of nitrogen functional groups attached to an aromatic ring is 1. The summed E-state index contributed by atoms with van der Waals surface area (Å²) in [7, 11) is 0. The molecule has 0 spiro atoms. The SMILES string of the molecule is Cc1cccc2nc(N)n(C(C)C3CCCCC3)c12. The fourth-order valence-corrected chi connectivity index (χ4v) is 3.58. The second-order valence-electron chi connectivity index (χ2n) is 5.92. The van der Waals surface area contributed by atoms with Crippen LogP contribution in [0.2, 0.25) is 0 Å². The third kappa shape index (κ3) is 2.11. The number of para-hydroxylation sites is 1. The minimum absolute atomic E-state index is 0.450. The highest BCUT2D eigenvalue weighted by atomic mass is 15.2. The van der Waals surface area contributed by atoms with E-state index >= 15 is 0 Å². The monoisotopic (exact) mass is 257 g/mol. The van der Waals surface area contributed by atoms with E-state index in [1.165, 1.54) is 43.2 Å². The number of benzene rings is 1. The van der Waals surface area contributed by atoms with Gasteiger partial charge in [0.05, 0.1) is 11.0 Å². The zero-order valence-electron chi connectivity index (χ0n) is 11.9. The summed E-state index contributed by atoms with van der Waals surface area (Å²) < 4.78 is 2.26. The van der Waals surface area contributed by atoms with Gasteiger partial charge in [-0.2, -0.15) is 0 Å². The van der Waals surface area contributed by atoms with E-state index < -0.39 is 0 Å². The molecule has 3 rings (SSSR count). The molecule has 1 aliphatic rings. The van der Waals surface area contributed by atoms with Gasteiger partial charge in [-0.1, -0.05) is 31.4 Å². The number of aryl methyl sites for hydroxylation is 1. The molecule has 0 bridgehead atoms. The topological polar surface area (TPSA) is 43.8 Å². The van der Waals surface area contributed by atoms with Crippen molar-refractivity contribution in [1.29, 1.82) is 0 Å². The second kappa shape index (κ2) is 4.87. The molecule has 1 unspecified atom stereocenters. The van der Waals surface area contributed by atoms with E-state index in [9.17, 15) is 0 Å². The molecule has 0 saturated heterocycles. The van der Waals surface area contributed by atoms with Crippen molar-refractivity contribution in [3.8, 4) is 0 Å².